The zero-order valence-corrected chi connectivity index (χ0v) is 33.9. The number of ether oxygens (including phenoxy) is 2. The minimum absolute atomic E-state index is 0.129. The molecule has 0 saturated heterocycles. The maximum atomic E-state index is 12.6. The standard InChI is InChI=1S/C46H76N2O4/c1-5-9-13-15-17-19-33-47(31-11-7-3)35-23-29-45(49)51-39-41-25-21-27-43(37-41)44-28-22-26-42(38-44)40-52-46(50)30-24-36-48(32-12-8-4)34-20-18-16-14-10-6-2/h21-22,25-28,37-38H,5-20,23-24,29-36,39-40H2,1-4H3. The number of benzene rings is 2. The van der Waals surface area contributed by atoms with E-state index in [4.69, 9.17) is 9.47 Å². The van der Waals surface area contributed by atoms with Crippen LogP contribution in [0.5, 0.6) is 0 Å². The molecule has 0 heterocycles. The van der Waals surface area contributed by atoms with E-state index in [1.165, 1.54) is 103 Å². The zero-order valence-electron chi connectivity index (χ0n) is 33.9. The molecule has 0 radical (unpaired) electrons. The highest BCUT2D eigenvalue weighted by Gasteiger charge is 2.11. The summed E-state index contributed by atoms with van der Waals surface area (Å²) in [5, 5.41) is 0. The third kappa shape index (κ3) is 22.4. The van der Waals surface area contributed by atoms with Crippen molar-refractivity contribution in [1.82, 2.24) is 9.80 Å². The third-order valence-corrected chi connectivity index (χ3v) is 10.0. The summed E-state index contributed by atoms with van der Waals surface area (Å²) in [6.07, 6.45) is 23.1. The van der Waals surface area contributed by atoms with E-state index in [0.29, 0.717) is 12.8 Å². The molecule has 52 heavy (non-hydrogen) atoms. The summed E-state index contributed by atoms with van der Waals surface area (Å²) in [5.41, 5.74) is 4.06. The molecule has 0 N–H and O–H groups in total. The number of hydrogen-bond donors (Lipinski definition) is 0. The van der Waals surface area contributed by atoms with E-state index in [9.17, 15) is 9.59 Å². The minimum atomic E-state index is -0.129. The predicted molar refractivity (Wildman–Crippen MR) is 219 cm³/mol. The molecular formula is C46H76N2O4. The van der Waals surface area contributed by atoms with Crippen molar-refractivity contribution in [3.63, 3.8) is 0 Å². The van der Waals surface area contributed by atoms with Crippen molar-refractivity contribution in [1.29, 1.82) is 0 Å². The molecule has 2 aromatic rings. The van der Waals surface area contributed by atoms with Crippen LogP contribution in [0.25, 0.3) is 11.1 Å². The van der Waals surface area contributed by atoms with Gasteiger partial charge in [-0.25, -0.2) is 0 Å². The van der Waals surface area contributed by atoms with Gasteiger partial charge in [0.25, 0.3) is 0 Å². The van der Waals surface area contributed by atoms with Crippen molar-refractivity contribution >= 4 is 11.9 Å². The zero-order chi connectivity index (χ0) is 37.5. The lowest BCUT2D eigenvalue weighted by Gasteiger charge is -2.22. The van der Waals surface area contributed by atoms with Crippen LogP contribution in [-0.2, 0) is 32.3 Å². The fraction of sp³-hybridized carbons (Fsp3) is 0.696. The quantitative estimate of drug-likeness (QED) is 0.0540. The fourth-order valence-corrected chi connectivity index (χ4v) is 6.71. The van der Waals surface area contributed by atoms with E-state index in [1.54, 1.807) is 0 Å². The fourth-order valence-electron chi connectivity index (χ4n) is 6.71. The van der Waals surface area contributed by atoms with Crippen molar-refractivity contribution in [2.75, 3.05) is 39.3 Å². The lowest BCUT2D eigenvalue weighted by molar-refractivity contribution is -0.146. The topological polar surface area (TPSA) is 59.1 Å². The van der Waals surface area contributed by atoms with Crippen molar-refractivity contribution in [3.05, 3.63) is 59.7 Å². The summed E-state index contributed by atoms with van der Waals surface area (Å²) in [6.45, 7) is 16.0. The highest BCUT2D eigenvalue weighted by atomic mass is 16.5. The smallest absolute Gasteiger partial charge is 0.306 e. The number of esters is 2. The van der Waals surface area contributed by atoms with Crippen molar-refractivity contribution in [2.24, 2.45) is 0 Å². The number of hydrogen-bond acceptors (Lipinski definition) is 6. The molecule has 0 spiro atoms. The number of unbranched alkanes of at least 4 members (excludes halogenated alkanes) is 12. The van der Waals surface area contributed by atoms with Gasteiger partial charge in [-0.1, -0.05) is 141 Å². The molecule has 0 amide bonds. The Kier molecular flexibility index (Phi) is 26.9. The Hall–Kier alpha value is -2.70. The number of carbonyl (C=O) groups is 2. The van der Waals surface area contributed by atoms with Crippen LogP contribution in [0.15, 0.2) is 48.5 Å². The molecule has 294 valence electrons. The predicted octanol–water partition coefficient (Wildman–Crippen LogP) is 11.9. The molecule has 0 aromatic heterocycles. The third-order valence-electron chi connectivity index (χ3n) is 10.0. The molecule has 0 atom stereocenters. The first-order valence-electron chi connectivity index (χ1n) is 21.4. The van der Waals surface area contributed by atoms with Crippen LogP contribution in [0.2, 0.25) is 0 Å². The molecule has 0 bridgehead atoms. The Balaban J connectivity index is 1.75. The Bertz CT molecular complexity index is 1090. The second-order valence-electron chi connectivity index (χ2n) is 14.9. The molecule has 0 unspecified atom stereocenters. The number of carbonyl (C=O) groups excluding carboxylic acids is 2. The summed E-state index contributed by atoms with van der Waals surface area (Å²) in [5.74, 6) is -0.258. The van der Waals surface area contributed by atoms with Gasteiger partial charge in [0.05, 0.1) is 0 Å². The monoisotopic (exact) mass is 721 g/mol. The summed E-state index contributed by atoms with van der Waals surface area (Å²) >= 11 is 0. The molecule has 0 fully saturated rings. The van der Waals surface area contributed by atoms with Crippen LogP contribution in [0.1, 0.15) is 167 Å². The Morgan fingerprint density at radius 3 is 1.19 bits per heavy atom. The summed E-state index contributed by atoms with van der Waals surface area (Å²) in [7, 11) is 0. The molecule has 6 nitrogen and oxygen atoms in total. The van der Waals surface area contributed by atoms with Crippen molar-refractivity contribution < 1.29 is 19.1 Å². The van der Waals surface area contributed by atoms with E-state index in [-0.39, 0.29) is 25.2 Å². The lowest BCUT2D eigenvalue weighted by atomic mass is 10.0. The molecule has 2 rings (SSSR count). The van der Waals surface area contributed by atoms with Gasteiger partial charge in [-0.05, 0) is 112 Å². The average Bonchev–Trinajstić information content (AvgIpc) is 3.16. The second-order valence-corrected chi connectivity index (χ2v) is 14.9. The number of rotatable bonds is 33. The maximum absolute atomic E-state index is 12.6. The summed E-state index contributed by atoms with van der Waals surface area (Å²) in [6, 6.07) is 16.3. The van der Waals surface area contributed by atoms with Gasteiger partial charge < -0.3 is 19.3 Å². The van der Waals surface area contributed by atoms with E-state index in [0.717, 1.165) is 74.4 Å². The first-order valence-corrected chi connectivity index (χ1v) is 21.4. The van der Waals surface area contributed by atoms with Gasteiger partial charge in [-0.2, -0.15) is 0 Å². The Morgan fingerprint density at radius 2 is 0.788 bits per heavy atom. The molecule has 6 heteroatoms. The molecule has 0 aliphatic heterocycles. The molecule has 0 aliphatic rings. The van der Waals surface area contributed by atoms with Crippen LogP contribution in [0.4, 0.5) is 0 Å². The first-order chi connectivity index (χ1) is 25.5. The van der Waals surface area contributed by atoms with Gasteiger partial charge in [0.2, 0.25) is 0 Å². The molecule has 0 saturated carbocycles. The van der Waals surface area contributed by atoms with Gasteiger partial charge in [0.15, 0.2) is 0 Å². The number of nitrogens with zero attached hydrogens (tertiary/aromatic N) is 2. The van der Waals surface area contributed by atoms with Gasteiger partial charge in [0.1, 0.15) is 13.2 Å². The van der Waals surface area contributed by atoms with Crippen LogP contribution in [-0.4, -0.2) is 61.0 Å². The van der Waals surface area contributed by atoms with Crippen LogP contribution >= 0.6 is 0 Å². The lowest BCUT2D eigenvalue weighted by Crippen LogP contribution is -2.27. The van der Waals surface area contributed by atoms with Crippen LogP contribution in [0, 0.1) is 0 Å². The average molecular weight is 721 g/mol. The van der Waals surface area contributed by atoms with Crippen LogP contribution in [0.3, 0.4) is 0 Å². The van der Waals surface area contributed by atoms with E-state index < -0.39 is 0 Å². The largest absolute Gasteiger partial charge is 0.461 e. The van der Waals surface area contributed by atoms with Crippen molar-refractivity contribution in [3.8, 4) is 11.1 Å². The first kappa shape index (κ1) is 45.5. The van der Waals surface area contributed by atoms with Crippen molar-refractivity contribution in [2.45, 2.75) is 169 Å². The summed E-state index contributed by atoms with van der Waals surface area (Å²) < 4.78 is 11.4. The van der Waals surface area contributed by atoms with E-state index >= 15 is 0 Å². The van der Waals surface area contributed by atoms with Gasteiger partial charge >= 0.3 is 11.9 Å². The highest BCUT2D eigenvalue weighted by Crippen LogP contribution is 2.23. The molecule has 2 aromatic carbocycles. The summed E-state index contributed by atoms with van der Waals surface area (Å²) in [4.78, 5) is 30.4. The highest BCUT2D eigenvalue weighted by molar-refractivity contribution is 5.70. The molecular weight excluding hydrogens is 645 g/mol. The molecule has 0 aliphatic carbocycles. The SMILES string of the molecule is CCCCCCCCN(CCCC)CCCC(=O)OCc1cccc(-c2cccc(COC(=O)CCCN(CCCC)CCCCCCCC)c2)c1. The minimum Gasteiger partial charge on any atom is -0.461 e. The van der Waals surface area contributed by atoms with E-state index in [1.807, 2.05) is 24.3 Å². The van der Waals surface area contributed by atoms with Crippen LogP contribution < -0.4 is 0 Å². The Morgan fingerprint density at radius 1 is 0.442 bits per heavy atom. The van der Waals surface area contributed by atoms with Gasteiger partial charge in [-0.3, -0.25) is 9.59 Å². The van der Waals surface area contributed by atoms with Gasteiger partial charge in [0, 0.05) is 12.8 Å². The van der Waals surface area contributed by atoms with Gasteiger partial charge in [-0.15, -0.1) is 0 Å². The second kappa shape index (κ2) is 30.7. The maximum Gasteiger partial charge on any atom is 0.306 e. The van der Waals surface area contributed by atoms with E-state index in [2.05, 4.69) is 61.8 Å². The normalized spacial score (nSPS) is 11.4. The Labute approximate surface area is 319 Å².